The number of aryl methyl sites for hydroxylation is 4. The zero-order valence-corrected chi connectivity index (χ0v) is 31.4. The second-order valence-electron chi connectivity index (χ2n) is 13.6. The van der Waals surface area contributed by atoms with Gasteiger partial charge in [0, 0.05) is 90.7 Å². The summed E-state index contributed by atoms with van der Waals surface area (Å²) in [6.45, 7) is 0.404. The third-order valence-electron chi connectivity index (χ3n) is 9.31. The Kier molecular flexibility index (Phi) is 12.1. The maximum absolute atomic E-state index is 13.3. The van der Waals surface area contributed by atoms with Crippen molar-refractivity contribution in [2.24, 2.45) is 51.5 Å². The standard InChI is InChI=1S/C36H46N14O6/c1-47-17-21(11-25(47)33(53)41-9-7-29(37)38)45-35(55)27-13-19(15-49(27)3)43-31(51)23-5-6-24(23)32(52)44-20-14-28(50(4)16-20)36(56)46-22-12-26(48(2)18-22)34(54)42-10-8-30(39)40/h11-18,23-24H,5-10H2,1-4H3,(H3,37,38)(H3,39,40)(H,41,53)(H,42,54)(H,43,51)(H,44,52)(H,45,55)(H,46,56)/t23-,24-/m1/s1. The van der Waals surface area contributed by atoms with E-state index in [1.165, 1.54) is 24.3 Å². The van der Waals surface area contributed by atoms with Crippen molar-refractivity contribution in [2.45, 2.75) is 25.7 Å². The van der Waals surface area contributed by atoms with Crippen LogP contribution in [0.25, 0.3) is 0 Å². The monoisotopic (exact) mass is 770 g/mol. The maximum Gasteiger partial charge on any atom is 0.272 e. The molecule has 1 saturated carbocycles. The van der Waals surface area contributed by atoms with Crippen molar-refractivity contribution in [2.75, 3.05) is 34.4 Å². The Morgan fingerprint density at radius 1 is 0.536 bits per heavy atom. The van der Waals surface area contributed by atoms with E-state index in [1.807, 2.05) is 0 Å². The maximum atomic E-state index is 13.3. The van der Waals surface area contributed by atoms with Gasteiger partial charge in [0.2, 0.25) is 11.8 Å². The minimum atomic E-state index is -0.616. The summed E-state index contributed by atoms with van der Waals surface area (Å²) >= 11 is 0. The summed E-state index contributed by atoms with van der Waals surface area (Å²) in [6, 6.07) is 6.06. The molecule has 2 atom stereocenters. The van der Waals surface area contributed by atoms with Crippen LogP contribution in [0.2, 0.25) is 0 Å². The first-order chi connectivity index (χ1) is 26.5. The predicted octanol–water partition coefficient (Wildman–Crippen LogP) is 1.26. The number of amidine groups is 2. The van der Waals surface area contributed by atoms with E-state index in [-0.39, 0.29) is 72.6 Å². The van der Waals surface area contributed by atoms with Gasteiger partial charge in [0.1, 0.15) is 22.8 Å². The fourth-order valence-corrected chi connectivity index (χ4v) is 6.22. The number of amides is 6. The molecular weight excluding hydrogens is 724 g/mol. The molecule has 0 saturated heterocycles. The summed E-state index contributed by atoms with van der Waals surface area (Å²) in [5.74, 6) is -3.79. The molecule has 5 rings (SSSR count). The summed E-state index contributed by atoms with van der Waals surface area (Å²) in [4.78, 5) is 77.8. The van der Waals surface area contributed by atoms with E-state index in [9.17, 15) is 28.8 Å². The Hall–Kier alpha value is -7.12. The van der Waals surface area contributed by atoms with Crippen LogP contribution in [0.15, 0.2) is 49.1 Å². The number of carbonyl (C=O) groups excluding carboxylic acids is 6. The predicted molar refractivity (Wildman–Crippen MR) is 209 cm³/mol. The molecule has 0 aliphatic heterocycles. The Balaban J connectivity index is 1.13. The van der Waals surface area contributed by atoms with Gasteiger partial charge in [-0.1, -0.05) is 0 Å². The number of rotatable bonds is 16. The van der Waals surface area contributed by atoms with Crippen LogP contribution in [-0.4, -0.2) is 78.5 Å². The lowest BCUT2D eigenvalue weighted by atomic mass is 9.72. The molecule has 6 amide bonds. The number of carbonyl (C=O) groups is 6. The lowest BCUT2D eigenvalue weighted by Gasteiger charge is -2.33. The number of aromatic nitrogens is 4. The van der Waals surface area contributed by atoms with E-state index >= 15 is 0 Å². The quantitative estimate of drug-likeness (QED) is 0.0583. The summed E-state index contributed by atoms with van der Waals surface area (Å²) < 4.78 is 6.20. The summed E-state index contributed by atoms with van der Waals surface area (Å²) in [5.41, 5.74) is 13.2. The van der Waals surface area contributed by atoms with Gasteiger partial charge in [-0.2, -0.15) is 0 Å². The van der Waals surface area contributed by atoms with Crippen LogP contribution in [0.1, 0.15) is 67.6 Å². The van der Waals surface area contributed by atoms with E-state index < -0.39 is 23.7 Å². The van der Waals surface area contributed by atoms with Crippen LogP contribution in [0, 0.1) is 22.7 Å². The number of anilines is 4. The molecule has 0 spiro atoms. The van der Waals surface area contributed by atoms with E-state index in [0.29, 0.717) is 47.0 Å². The van der Waals surface area contributed by atoms with Gasteiger partial charge in [-0.15, -0.1) is 0 Å². The van der Waals surface area contributed by atoms with Crippen LogP contribution in [0.3, 0.4) is 0 Å². The van der Waals surface area contributed by atoms with E-state index in [2.05, 4.69) is 31.9 Å². The molecule has 20 nitrogen and oxygen atoms in total. The lowest BCUT2D eigenvalue weighted by Crippen LogP contribution is -2.43. The first-order valence-electron chi connectivity index (χ1n) is 17.6. The van der Waals surface area contributed by atoms with E-state index in [0.717, 1.165) is 0 Å². The Morgan fingerprint density at radius 3 is 1.11 bits per heavy atom. The van der Waals surface area contributed by atoms with Gasteiger partial charge < -0.3 is 61.6 Å². The number of nitrogens with zero attached hydrogens (tertiary/aromatic N) is 4. The molecule has 56 heavy (non-hydrogen) atoms. The molecule has 1 fully saturated rings. The average molecular weight is 771 g/mol. The highest BCUT2D eigenvalue weighted by molar-refractivity contribution is 6.07. The molecule has 1 aliphatic rings. The molecular formula is C36H46N14O6. The van der Waals surface area contributed by atoms with E-state index in [1.54, 1.807) is 71.2 Å². The normalized spacial score (nSPS) is 14.6. The Labute approximate surface area is 321 Å². The molecule has 20 heteroatoms. The SMILES string of the molecule is Cn1cc(NC(=O)c2cc(NC(=O)[C@@H]3CC[C@H]3C(=O)Nc3cc(C(=O)Nc4cc(C(=O)NCCC(=N)N)n(C)c4)n(C)c3)cn2C)cc1C(=O)NCCC(=N)N. The molecule has 296 valence electrons. The van der Waals surface area contributed by atoms with Gasteiger partial charge >= 0.3 is 0 Å². The highest BCUT2D eigenvalue weighted by atomic mass is 16.2. The molecule has 0 bridgehead atoms. The smallest absolute Gasteiger partial charge is 0.272 e. The van der Waals surface area contributed by atoms with Crippen molar-refractivity contribution in [1.82, 2.24) is 28.9 Å². The van der Waals surface area contributed by atoms with Crippen LogP contribution in [0.5, 0.6) is 0 Å². The lowest BCUT2D eigenvalue weighted by molar-refractivity contribution is -0.134. The van der Waals surface area contributed by atoms with Gasteiger partial charge in [-0.05, 0) is 37.1 Å². The Bertz CT molecular complexity index is 2070. The molecule has 1 aliphatic carbocycles. The average Bonchev–Trinajstić information content (AvgIpc) is 3.84. The molecule has 4 aromatic heterocycles. The number of hydrogen-bond acceptors (Lipinski definition) is 8. The van der Waals surface area contributed by atoms with Crippen LogP contribution >= 0.6 is 0 Å². The Morgan fingerprint density at radius 2 is 0.821 bits per heavy atom. The minimum Gasteiger partial charge on any atom is -0.388 e. The molecule has 0 unspecified atom stereocenters. The topological polar surface area (TPSA) is 294 Å². The fraction of sp³-hybridized carbons (Fsp3) is 0.333. The largest absolute Gasteiger partial charge is 0.388 e. The first kappa shape index (κ1) is 40.1. The van der Waals surface area contributed by atoms with Crippen molar-refractivity contribution >= 4 is 69.9 Å². The molecule has 12 N–H and O–H groups in total. The molecule has 0 aromatic carbocycles. The first-order valence-corrected chi connectivity index (χ1v) is 17.6. The van der Waals surface area contributed by atoms with Crippen LogP contribution < -0.4 is 43.4 Å². The summed E-state index contributed by atoms with van der Waals surface area (Å²) in [5, 5.41) is 31.0. The van der Waals surface area contributed by atoms with Crippen molar-refractivity contribution < 1.29 is 28.8 Å². The van der Waals surface area contributed by atoms with Crippen molar-refractivity contribution in [3.05, 3.63) is 71.8 Å². The number of nitrogens with two attached hydrogens (primary N) is 2. The highest BCUT2D eigenvalue weighted by Gasteiger charge is 2.41. The number of hydrogen-bond donors (Lipinski definition) is 10. The number of nitrogens with one attached hydrogen (secondary N) is 8. The van der Waals surface area contributed by atoms with E-state index in [4.69, 9.17) is 22.3 Å². The van der Waals surface area contributed by atoms with Gasteiger partial charge in [0.05, 0.1) is 34.4 Å². The summed E-state index contributed by atoms with van der Waals surface area (Å²) in [6.07, 6.45) is 7.73. The van der Waals surface area contributed by atoms with Gasteiger partial charge in [-0.25, -0.2) is 0 Å². The second-order valence-corrected chi connectivity index (χ2v) is 13.6. The van der Waals surface area contributed by atoms with Gasteiger partial charge in [0.25, 0.3) is 23.6 Å². The highest BCUT2D eigenvalue weighted by Crippen LogP contribution is 2.36. The molecule has 4 aromatic rings. The van der Waals surface area contributed by atoms with Crippen molar-refractivity contribution in [3.63, 3.8) is 0 Å². The van der Waals surface area contributed by atoms with Gasteiger partial charge in [-0.3, -0.25) is 39.6 Å². The van der Waals surface area contributed by atoms with Crippen molar-refractivity contribution in [1.29, 1.82) is 10.8 Å². The van der Waals surface area contributed by atoms with Crippen molar-refractivity contribution in [3.8, 4) is 0 Å². The fourth-order valence-electron chi connectivity index (χ4n) is 6.22. The van der Waals surface area contributed by atoms with Crippen LogP contribution in [-0.2, 0) is 37.8 Å². The summed E-state index contributed by atoms with van der Waals surface area (Å²) in [7, 11) is 6.61. The molecule has 4 heterocycles. The zero-order chi connectivity index (χ0) is 40.8. The zero-order valence-electron chi connectivity index (χ0n) is 31.4. The third kappa shape index (κ3) is 9.51. The minimum absolute atomic E-state index is 0.0432. The molecule has 0 radical (unpaired) electrons. The second kappa shape index (κ2) is 16.9. The van der Waals surface area contributed by atoms with Gasteiger partial charge in [0.15, 0.2) is 0 Å². The van der Waals surface area contributed by atoms with Crippen LogP contribution in [0.4, 0.5) is 22.7 Å². The third-order valence-corrected chi connectivity index (χ3v) is 9.31.